The van der Waals surface area contributed by atoms with Crippen molar-refractivity contribution in [2.24, 2.45) is 11.8 Å². The standard InChI is InChI=1S/C18H18N2O6S4/c21-7-1-9-13(23)11-5(7)3-17(29-27-9)15(25)20-12-6-4-18(20,16(26)19(11)17)30-28-10(14(12)24)2-8(6)22/h5-6,9-14,23-24H,1-4H2/t5-,6-,9+,10+,11-,12-,13-,14-,17+,18+/m0/s1. The van der Waals surface area contributed by atoms with Crippen LogP contribution in [0.2, 0.25) is 0 Å². The minimum absolute atomic E-state index is 0.00614. The Morgan fingerprint density at radius 2 is 1.13 bits per heavy atom. The molecule has 160 valence electrons. The summed E-state index contributed by atoms with van der Waals surface area (Å²) in [5.74, 6) is -1.65. The van der Waals surface area contributed by atoms with Gasteiger partial charge in [-0.2, -0.15) is 0 Å². The van der Waals surface area contributed by atoms with Gasteiger partial charge in [0.25, 0.3) is 11.8 Å². The van der Waals surface area contributed by atoms with E-state index in [9.17, 15) is 29.4 Å². The van der Waals surface area contributed by atoms with Gasteiger partial charge in [-0.1, -0.05) is 43.2 Å². The van der Waals surface area contributed by atoms with E-state index in [2.05, 4.69) is 0 Å². The smallest absolute Gasteiger partial charge is 0.261 e. The van der Waals surface area contributed by atoms with Gasteiger partial charge in [0, 0.05) is 37.5 Å². The van der Waals surface area contributed by atoms with Gasteiger partial charge in [0.15, 0.2) is 9.74 Å². The SMILES string of the molecule is O=C1C[C@H]2SS[C@@]34C[C@@H]1[C@@H]([C@H]2O)N3C(=O)[C@@]12C[C@H]3C(=O)C[C@@H](SS1)[C@H](O)[C@H]3N2C4=O. The normalized spacial score (nSPS) is 55.7. The van der Waals surface area contributed by atoms with Gasteiger partial charge >= 0.3 is 0 Å². The van der Waals surface area contributed by atoms with Crippen LogP contribution in [0.4, 0.5) is 0 Å². The summed E-state index contributed by atoms with van der Waals surface area (Å²) in [7, 11) is 5.22. The first-order chi connectivity index (χ1) is 14.3. The van der Waals surface area contributed by atoms with E-state index in [4.69, 9.17) is 0 Å². The topological polar surface area (TPSA) is 115 Å². The minimum Gasteiger partial charge on any atom is -0.390 e. The third kappa shape index (κ3) is 1.89. The second-order valence-electron chi connectivity index (χ2n) is 9.28. The largest absolute Gasteiger partial charge is 0.390 e. The molecule has 7 aliphatic rings. The lowest BCUT2D eigenvalue weighted by Gasteiger charge is -2.52. The Bertz CT molecular complexity index is 876. The molecule has 8 nitrogen and oxygen atoms in total. The number of aliphatic hydroxyl groups excluding tert-OH is 2. The van der Waals surface area contributed by atoms with Crippen LogP contribution in [-0.4, -0.2) is 87.9 Å². The zero-order valence-electron chi connectivity index (χ0n) is 15.5. The van der Waals surface area contributed by atoms with Crippen LogP contribution in [-0.2, 0) is 19.2 Å². The third-order valence-electron chi connectivity index (χ3n) is 8.01. The van der Waals surface area contributed by atoms with E-state index in [1.54, 1.807) is 0 Å². The van der Waals surface area contributed by atoms with Crippen molar-refractivity contribution in [3.05, 3.63) is 0 Å². The van der Waals surface area contributed by atoms with Gasteiger partial charge in [0.05, 0.1) is 34.8 Å². The van der Waals surface area contributed by atoms with Crippen molar-refractivity contribution in [3.63, 3.8) is 0 Å². The molecule has 2 N–H and O–H groups in total. The van der Waals surface area contributed by atoms with Crippen molar-refractivity contribution in [1.82, 2.24) is 9.80 Å². The number of amides is 2. The zero-order valence-corrected chi connectivity index (χ0v) is 18.8. The molecule has 0 aromatic rings. The fraction of sp³-hybridized carbons (Fsp3) is 0.778. The Kier molecular flexibility index (Phi) is 3.66. The summed E-state index contributed by atoms with van der Waals surface area (Å²) in [6.07, 6.45) is -0.830. The number of carbonyl (C=O) groups is 4. The van der Waals surface area contributed by atoms with Gasteiger partial charge in [-0.15, -0.1) is 0 Å². The second kappa shape index (κ2) is 5.74. The van der Waals surface area contributed by atoms with Crippen LogP contribution in [0.25, 0.3) is 0 Å². The van der Waals surface area contributed by atoms with E-state index >= 15 is 0 Å². The first-order valence-corrected chi connectivity index (χ1v) is 14.5. The molecule has 10 atom stereocenters. The maximum Gasteiger partial charge on any atom is 0.261 e. The highest BCUT2D eigenvalue weighted by atomic mass is 33.1. The monoisotopic (exact) mass is 486 g/mol. The summed E-state index contributed by atoms with van der Waals surface area (Å²) in [5.41, 5.74) is 0. The van der Waals surface area contributed by atoms with Crippen molar-refractivity contribution >= 4 is 66.6 Å². The fourth-order valence-corrected chi connectivity index (χ4v) is 13.8. The average molecular weight is 487 g/mol. The van der Waals surface area contributed by atoms with Crippen molar-refractivity contribution in [2.75, 3.05) is 0 Å². The number of ketones is 2. The summed E-state index contributed by atoms with van der Waals surface area (Å²) in [6, 6.07) is -1.39. The molecule has 5 aliphatic heterocycles. The number of aliphatic hydroxyl groups is 2. The first-order valence-electron chi connectivity index (χ1n) is 10.1. The summed E-state index contributed by atoms with van der Waals surface area (Å²) >= 11 is 0. The van der Waals surface area contributed by atoms with Crippen LogP contribution in [0.1, 0.15) is 25.7 Å². The number of Topliss-reactive ketones (excluding diaryl/α,β-unsaturated/α-hetero) is 2. The molecular formula is C18H18N2O6S4. The molecule has 0 aromatic heterocycles. The lowest BCUT2D eigenvalue weighted by Crippen LogP contribution is -2.74. The van der Waals surface area contributed by atoms with Crippen LogP contribution in [0.3, 0.4) is 0 Å². The van der Waals surface area contributed by atoms with E-state index < -0.39 is 45.9 Å². The van der Waals surface area contributed by atoms with Crippen LogP contribution >= 0.6 is 43.2 Å². The number of fused-ring (bicyclic) bond motifs is 2. The molecule has 7 fully saturated rings. The molecule has 2 amide bonds. The summed E-state index contributed by atoms with van der Waals surface area (Å²) in [4.78, 5) is 54.5. The molecule has 5 saturated heterocycles. The van der Waals surface area contributed by atoms with E-state index in [1.807, 2.05) is 0 Å². The molecule has 0 aromatic carbocycles. The molecule has 2 aliphatic carbocycles. The predicted molar refractivity (Wildman–Crippen MR) is 112 cm³/mol. The van der Waals surface area contributed by atoms with Gasteiger partial charge < -0.3 is 20.0 Å². The Hall–Kier alpha value is -0.400. The summed E-state index contributed by atoms with van der Waals surface area (Å²) < 4.78 is 0. The highest BCUT2D eigenvalue weighted by molar-refractivity contribution is 8.78. The quantitative estimate of drug-likeness (QED) is 0.454. The second-order valence-corrected chi connectivity index (χ2v) is 14.7. The molecular weight excluding hydrogens is 468 g/mol. The maximum absolute atomic E-state index is 14.2. The molecule has 30 heavy (non-hydrogen) atoms. The number of hydrogen-bond donors (Lipinski definition) is 2. The number of piperazine rings is 1. The minimum atomic E-state index is -1.26. The van der Waals surface area contributed by atoms with Crippen LogP contribution in [0.5, 0.6) is 0 Å². The average Bonchev–Trinajstić information content (AvgIpc) is 3.20. The number of hydrogen-bond acceptors (Lipinski definition) is 10. The van der Waals surface area contributed by atoms with E-state index in [1.165, 1.54) is 53.0 Å². The van der Waals surface area contributed by atoms with Crippen LogP contribution < -0.4 is 0 Å². The van der Waals surface area contributed by atoms with Crippen molar-refractivity contribution < 1.29 is 29.4 Å². The van der Waals surface area contributed by atoms with Gasteiger partial charge in [0.2, 0.25) is 0 Å². The van der Waals surface area contributed by atoms with Crippen molar-refractivity contribution in [2.45, 2.75) is 70.2 Å². The molecule has 6 bridgehead atoms. The summed E-state index contributed by atoms with van der Waals surface area (Å²) in [6.45, 7) is 0. The van der Waals surface area contributed by atoms with Gasteiger partial charge in [-0.05, 0) is 0 Å². The fourth-order valence-electron chi connectivity index (χ4n) is 6.69. The Labute approximate surface area is 187 Å². The highest BCUT2D eigenvalue weighted by Gasteiger charge is 2.79. The van der Waals surface area contributed by atoms with Gasteiger partial charge in [-0.25, -0.2) is 0 Å². The number of carbonyl (C=O) groups excluding carboxylic acids is 4. The number of rotatable bonds is 0. The predicted octanol–water partition coefficient (Wildman–Crippen LogP) is 0.0214. The molecule has 12 heteroatoms. The van der Waals surface area contributed by atoms with Crippen LogP contribution in [0, 0.1) is 11.8 Å². The van der Waals surface area contributed by atoms with Gasteiger partial charge in [-0.3, -0.25) is 19.2 Å². The molecule has 2 saturated carbocycles. The lowest BCUT2D eigenvalue weighted by molar-refractivity contribution is -0.170. The Balaban J connectivity index is 1.44. The van der Waals surface area contributed by atoms with E-state index in [0.29, 0.717) is 0 Å². The number of nitrogens with zero attached hydrogens (tertiary/aromatic N) is 2. The van der Waals surface area contributed by atoms with Crippen LogP contribution in [0.15, 0.2) is 0 Å². The van der Waals surface area contributed by atoms with E-state index in [0.717, 1.165) is 0 Å². The Morgan fingerprint density at radius 3 is 1.53 bits per heavy atom. The van der Waals surface area contributed by atoms with Crippen molar-refractivity contribution in [1.29, 1.82) is 0 Å². The molecule has 7 rings (SSSR count). The third-order valence-corrected chi connectivity index (χ3v) is 14.9. The van der Waals surface area contributed by atoms with E-state index in [-0.39, 0.29) is 59.6 Å². The van der Waals surface area contributed by atoms with Crippen molar-refractivity contribution in [3.8, 4) is 0 Å². The molecule has 0 spiro atoms. The lowest BCUT2D eigenvalue weighted by atomic mass is 9.80. The first kappa shape index (κ1) is 19.1. The summed E-state index contributed by atoms with van der Waals surface area (Å²) in [5, 5.41) is 21.4. The highest BCUT2D eigenvalue weighted by Crippen LogP contribution is 2.68. The molecule has 0 radical (unpaired) electrons. The maximum atomic E-state index is 14.2. The zero-order chi connectivity index (χ0) is 20.7. The molecule has 0 unspecified atom stereocenters. The van der Waals surface area contributed by atoms with Gasteiger partial charge in [0.1, 0.15) is 11.6 Å². The molecule has 5 heterocycles. The Morgan fingerprint density at radius 1 is 0.733 bits per heavy atom.